The van der Waals surface area contributed by atoms with E-state index < -0.39 is 22.0 Å². The van der Waals surface area contributed by atoms with E-state index in [0.29, 0.717) is 28.5 Å². The molecule has 0 spiro atoms. The molecule has 0 saturated carbocycles. The first-order valence-electron chi connectivity index (χ1n) is 11.7. The van der Waals surface area contributed by atoms with Gasteiger partial charge in [-0.3, -0.25) is 4.79 Å². The molecule has 0 saturated heterocycles. The minimum absolute atomic E-state index is 0.0547. The normalized spacial score (nSPS) is 11.9. The third-order valence-corrected chi connectivity index (χ3v) is 7.14. The van der Waals surface area contributed by atoms with Crippen LogP contribution in [0.15, 0.2) is 108 Å². The summed E-state index contributed by atoms with van der Waals surface area (Å²) in [5.41, 5.74) is 2.01. The lowest BCUT2D eigenvalue weighted by molar-refractivity contribution is -0.117. The summed E-state index contributed by atoms with van der Waals surface area (Å²) in [5, 5.41) is 2.82. The second-order valence-corrected chi connectivity index (χ2v) is 10.1. The van der Waals surface area contributed by atoms with Crippen molar-refractivity contribution in [2.45, 2.75) is 24.3 Å². The third kappa shape index (κ3) is 6.97. The molecule has 0 unspecified atom stereocenters. The summed E-state index contributed by atoms with van der Waals surface area (Å²) in [6, 6.07) is 29.0. The Morgan fingerprint density at radius 1 is 0.838 bits per heavy atom. The average molecular weight is 517 g/mol. The fourth-order valence-corrected chi connectivity index (χ4v) is 5.05. The van der Waals surface area contributed by atoms with Gasteiger partial charge in [0.05, 0.1) is 12.0 Å². The van der Waals surface area contributed by atoms with E-state index in [1.165, 1.54) is 19.2 Å². The number of nitrogens with one attached hydrogen (secondary N) is 2. The van der Waals surface area contributed by atoms with Crippen LogP contribution in [0, 0.1) is 6.92 Å². The number of hydrogen-bond acceptors (Lipinski definition) is 5. The van der Waals surface area contributed by atoms with E-state index in [9.17, 15) is 13.2 Å². The lowest BCUT2D eigenvalue weighted by Gasteiger charge is -2.19. The number of amides is 1. The molecule has 1 atom stereocenters. The molecule has 4 aromatic rings. The molecule has 0 bridgehead atoms. The van der Waals surface area contributed by atoms with Crippen LogP contribution in [0.1, 0.15) is 11.1 Å². The second kappa shape index (κ2) is 11.7. The van der Waals surface area contributed by atoms with Crippen molar-refractivity contribution >= 4 is 21.6 Å². The Bertz CT molecular complexity index is 1440. The van der Waals surface area contributed by atoms with E-state index in [0.717, 1.165) is 5.56 Å². The van der Waals surface area contributed by atoms with Gasteiger partial charge in [0, 0.05) is 5.69 Å². The Morgan fingerprint density at radius 2 is 1.46 bits per heavy atom. The van der Waals surface area contributed by atoms with Crippen molar-refractivity contribution < 1.29 is 22.7 Å². The van der Waals surface area contributed by atoms with Crippen LogP contribution in [0.4, 0.5) is 5.69 Å². The highest BCUT2D eigenvalue weighted by atomic mass is 32.2. The lowest BCUT2D eigenvalue weighted by Crippen LogP contribution is -2.45. The minimum Gasteiger partial charge on any atom is -0.496 e. The fourth-order valence-electron chi connectivity index (χ4n) is 3.77. The highest BCUT2D eigenvalue weighted by Crippen LogP contribution is 2.24. The van der Waals surface area contributed by atoms with Crippen molar-refractivity contribution in [3.05, 3.63) is 114 Å². The fraction of sp³-hybridized carbons (Fsp3) is 0.138. The first-order valence-corrected chi connectivity index (χ1v) is 13.2. The van der Waals surface area contributed by atoms with E-state index >= 15 is 0 Å². The van der Waals surface area contributed by atoms with Gasteiger partial charge in [0.15, 0.2) is 0 Å². The summed E-state index contributed by atoms with van der Waals surface area (Å²) in [6.07, 6.45) is 0.177. The van der Waals surface area contributed by atoms with Gasteiger partial charge in [-0.15, -0.1) is 0 Å². The molecular formula is C29H28N2O5S. The van der Waals surface area contributed by atoms with E-state index in [2.05, 4.69) is 10.0 Å². The van der Waals surface area contributed by atoms with Crippen LogP contribution in [0.25, 0.3) is 0 Å². The highest BCUT2D eigenvalue weighted by Gasteiger charge is 2.27. The van der Waals surface area contributed by atoms with Crippen molar-refractivity contribution in [3.63, 3.8) is 0 Å². The van der Waals surface area contributed by atoms with Crippen LogP contribution in [0.2, 0.25) is 0 Å². The number of rotatable bonds is 10. The number of sulfonamides is 1. The van der Waals surface area contributed by atoms with Crippen molar-refractivity contribution in [3.8, 4) is 17.2 Å². The van der Waals surface area contributed by atoms with Crippen molar-refractivity contribution in [1.82, 2.24) is 4.72 Å². The number of anilines is 1. The van der Waals surface area contributed by atoms with E-state index in [-0.39, 0.29) is 11.3 Å². The third-order valence-electron chi connectivity index (χ3n) is 5.67. The summed E-state index contributed by atoms with van der Waals surface area (Å²) in [7, 11) is -2.47. The quantitative estimate of drug-likeness (QED) is 0.297. The molecular weight excluding hydrogens is 488 g/mol. The molecule has 1 amide bonds. The molecule has 37 heavy (non-hydrogen) atoms. The van der Waals surface area contributed by atoms with E-state index in [1.54, 1.807) is 37.3 Å². The maximum Gasteiger partial charge on any atom is 0.242 e. The molecule has 8 heteroatoms. The molecule has 0 aliphatic rings. The number of ether oxygens (including phenoxy) is 2. The highest BCUT2D eigenvalue weighted by molar-refractivity contribution is 7.89. The van der Waals surface area contributed by atoms with E-state index in [1.807, 2.05) is 60.7 Å². The number of aryl methyl sites for hydroxylation is 1. The Kier molecular flexibility index (Phi) is 8.22. The molecule has 0 heterocycles. The molecule has 0 aromatic heterocycles. The minimum atomic E-state index is -3.99. The molecule has 0 aliphatic carbocycles. The molecule has 190 valence electrons. The number of para-hydroxylation sites is 1. The van der Waals surface area contributed by atoms with Crippen molar-refractivity contribution in [2.75, 3.05) is 12.4 Å². The molecule has 4 rings (SSSR count). The standard InChI is InChI=1S/C29H28N2O5S/c1-21-19-26(17-18-28(21)35-2)37(33,34)31-27(20-22-9-5-3-6-10-22)29(32)30-23-13-15-25(16-14-23)36-24-11-7-4-8-12-24/h3-19,27,31H,20H2,1-2H3,(H,30,32)/t27-/m1/s1. The van der Waals surface area contributed by atoms with Gasteiger partial charge < -0.3 is 14.8 Å². The topological polar surface area (TPSA) is 93.7 Å². The van der Waals surface area contributed by atoms with E-state index in [4.69, 9.17) is 9.47 Å². The van der Waals surface area contributed by atoms with Crippen LogP contribution in [0.5, 0.6) is 17.2 Å². The van der Waals surface area contributed by atoms with Crippen molar-refractivity contribution in [2.24, 2.45) is 0 Å². The molecule has 4 aromatic carbocycles. The average Bonchev–Trinajstić information content (AvgIpc) is 2.90. The number of methoxy groups -OCH3 is 1. The summed E-state index contributed by atoms with van der Waals surface area (Å²) >= 11 is 0. The number of carbonyl (C=O) groups excluding carboxylic acids is 1. The zero-order valence-corrected chi connectivity index (χ0v) is 21.4. The summed E-state index contributed by atoms with van der Waals surface area (Å²) < 4.78 is 40.0. The second-order valence-electron chi connectivity index (χ2n) is 8.42. The van der Waals surface area contributed by atoms with Gasteiger partial charge in [0.2, 0.25) is 15.9 Å². The van der Waals surface area contributed by atoms with Gasteiger partial charge in [0.1, 0.15) is 23.3 Å². The Labute approximate surface area is 217 Å². The monoisotopic (exact) mass is 516 g/mol. The summed E-state index contributed by atoms with van der Waals surface area (Å²) in [6.45, 7) is 1.76. The SMILES string of the molecule is COc1ccc(S(=O)(=O)N[C@H](Cc2ccccc2)C(=O)Nc2ccc(Oc3ccccc3)cc2)cc1C. The largest absolute Gasteiger partial charge is 0.496 e. The van der Waals surface area contributed by atoms with Gasteiger partial charge in [-0.05, 0) is 79.1 Å². The predicted octanol–water partition coefficient (Wildman–Crippen LogP) is 5.32. The summed E-state index contributed by atoms with van der Waals surface area (Å²) in [4.78, 5) is 13.3. The number of hydrogen-bond donors (Lipinski definition) is 2. The number of carbonyl (C=O) groups is 1. The van der Waals surface area contributed by atoms with Crippen molar-refractivity contribution in [1.29, 1.82) is 0 Å². The molecule has 0 fully saturated rings. The molecule has 0 aliphatic heterocycles. The maximum absolute atomic E-state index is 13.3. The number of benzene rings is 4. The van der Waals surface area contributed by atoms with Crippen LogP contribution in [-0.2, 0) is 21.2 Å². The summed E-state index contributed by atoms with van der Waals surface area (Å²) in [5.74, 6) is 1.41. The van der Waals surface area contributed by atoms with Gasteiger partial charge in [0.25, 0.3) is 0 Å². The van der Waals surface area contributed by atoms with Gasteiger partial charge in [-0.2, -0.15) is 4.72 Å². The smallest absolute Gasteiger partial charge is 0.242 e. The zero-order valence-electron chi connectivity index (χ0n) is 20.5. The van der Waals surface area contributed by atoms with Crippen LogP contribution in [0.3, 0.4) is 0 Å². The maximum atomic E-state index is 13.3. The van der Waals surface area contributed by atoms with Gasteiger partial charge in [-0.1, -0.05) is 48.5 Å². The van der Waals surface area contributed by atoms with Crippen LogP contribution < -0.4 is 19.5 Å². The van der Waals surface area contributed by atoms with Crippen LogP contribution in [-0.4, -0.2) is 27.5 Å². The molecule has 0 radical (unpaired) electrons. The Balaban J connectivity index is 1.52. The van der Waals surface area contributed by atoms with Gasteiger partial charge >= 0.3 is 0 Å². The molecule has 2 N–H and O–H groups in total. The molecule has 7 nitrogen and oxygen atoms in total. The lowest BCUT2D eigenvalue weighted by atomic mass is 10.1. The van der Waals surface area contributed by atoms with Crippen LogP contribution >= 0.6 is 0 Å². The zero-order chi connectivity index (χ0) is 26.3. The predicted molar refractivity (Wildman–Crippen MR) is 144 cm³/mol. The Morgan fingerprint density at radius 3 is 2.08 bits per heavy atom. The Hall–Kier alpha value is -4.14. The first kappa shape index (κ1) is 25.9. The van der Waals surface area contributed by atoms with Gasteiger partial charge in [-0.25, -0.2) is 8.42 Å². The first-order chi connectivity index (χ1) is 17.8.